The minimum atomic E-state index is -3.92. The lowest BCUT2D eigenvalue weighted by Gasteiger charge is -2.37. The quantitative estimate of drug-likeness (QED) is 0.437. The van der Waals surface area contributed by atoms with Gasteiger partial charge in [-0.2, -0.15) is 4.31 Å². The van der Waals surface area contributed by atoms with Crippen LogP contribution in [0.4, 0.5) is 5.69 Å². The van der Waals surface area contributed by atoms with Gasteiger partial charge in [0.1, 0.15) is 0 Å². The van der Waals surface area contributed by atoms with E-state index < -0.39 is 10.0 Å². The van der Waals surface area contributed by atoms with Crippen molar-refractivity contribution in [2.24, 2.45) is 0 Å². The number of halogens is 2. The monoisotopic (exact) mass is 531 g/mol. The van der Waals surface area contributed by atoms with E-state index in [9.17, 15) is 13.2 Å². The first-order valence-corrected chi connectivity index (χ1v) is 13.5. The number of sulfonamides is 1. The van der Waals surface area contributed by atoms with Crippen LogP contribution in [0.3, 0.4) is 0 Å². The van der Waals surface area contributed by atoms with Crippen molar-refractivity contribution in [2.45, 2.75) is 18.4 Å². The fourth-order valence-corrected chi connectivity index (χ4v) is 5.77. The van der Waals surface area contributed by atoms with Crippen LogP contribution in [0, 0.1) is 6.92 Å². The van der Waals surface area contributed by atoms with Crippen molar-refractivity contribution in [3.8, 4) is 0 Å². The largest absolute Gasteiger partial charge is 0.368 e. The van der Waals surface area contributed by atoms with Crippen molar-refractivity contribution >= 4 is 44.8 Å². The third-order valence-electron chi connectivity index (χ3n) is 6.18. The first-order valence-electron chi connectivity index (χ1n) is 11.3. The Bertz CT molecular complexity index is 1290. The van der Waals surface area contributed by atoms with Crippen molar-refractivity contribution in [3.63, 3.8) is 0 Å². The van der Waals surface area contributed by atoms with Crippen LogP contribution in [0.5, 0.6) is 0 Å². The minimum Gasteiger partial charge on any atom is -0.368 e. The molecule has 3 aromatic carbocycles. The summed E-state index contributed by atoms with van der Waals surface area (Å²) in [6, 6.07) is 21.2. The zero-order valence-corrected chi connectivity index (χ0v) is 21.7. The van der Waals surface area contributed by atoms with E-state index in [0.717, 1.165) is 16.8 Å². The minimum absolute atomic E-state index is 0.103. The summed E-state index contributed by atoms with van der Waals surface area (Å²) in [6.45, 7) is 4.10. The van der Waals surface area contributed by atoms with Gasteiger partial charge in [-0.25, -0.2) is 8.42 Å². The summed E-state index contributed by atoms with van der Waals surface area (Å²) >= 11 is 12.1. The van der Waals surface area contributed by atoms with Crippen LogP contribution in [0.2, 0.25) is 10.0 Å². The molecule has 184 valence electrons. The second kappa shape index (κ2) is 11.0. The Morgan fingerprint density at radius 1 is 0.886 bits per heavy atom. The predicted octanol–water partition coefficient (Wildman–Crippen LogP) is 4.84. The fraction of sp³-hybridized carbons (Fsp3) is 0.269. The molecule has 1 fully saturated rings. The summed E-state index contributed by atoms with van der Waals surface area (Å²) in [4.78, 5) is 17.3. The van der Waals surface area contributed by atoms with Crippen molar-refractivity contribution < 1.29 is 13.2 Å². The van der Waals surface area contributed by atoms with Gasteiger partial charge < -0.3 is 9.80 Å². The second-order valence-corrected chi connectivity index (χ2v) is 11.3. The summed E-state index contributed by atoms with van der Waals surface area (Å²) in [5.74, 6) is -0.220. The molecule has 1 aliphatic rings. The highest BCUT2D eigenvalue weighted by Crippen LogP contribution is 2.23. The molecule has 4 rings (SSSR count). The van der Waals surface area contributed by atoms with Crippen molar-refractivity contribution in [2.75, 3.05) is 37.6 Å². The van der Waals surface area contributed by atoms with Crippen LogP contribution < -0.4 is 4.90 Å². The molecule has 0 atom stereocenters. The third-order valence-corrected chi connectivity index (χ3v) is 8.47. The van der Waals surface area contributed by atoms with Crippen LogP contribution in [-0.4, -0.2) is 56.3 Å². The average molecular weight is 532 g/mol. The molecule has 0 saturated carbocycles. The summed E-state index contributed by atoms with van der Waals surface area (Å²) in [5.41, 5.74) is 2.83. The van der Waals surface area contributed by atoms with E-state index in [-0.39, 0.29) is 23.9 Å². The molecule has 0 unspecified atom stereocenters. The number of piperazine rings is 1. The molecule has 1 saturated heterocycles. The molecule has 1 amide bonds. The highest BCUT2D eigenvalue weighted by molar-refractivity contribution is 7.89. The second-order valence-electron chi connectivity index (χ2n) is 8.50. The molecular weight excluding hydrogens is 505 g/mol. The Morgan fingerprint density at radius 2 is 1.57 bits per heavy atom. The number of carbonyl (C=O) groups is 1. The Kier molecular flexibility index (Phi) is 8.02. The van der Waals surface area contributed by atoms with E-state index in [0.29, 0.717) is 36.2 Å². The Morgan fingerprint density at radius 3 is 2.23 bits per heavy atom. The topological polar surface area (TPSA) is 60.9 Å². The SMILES string of the molecule is Cc1ccccc1CN(CC(=O)N1CCN(c2cccc(Cl)c2)CC1)S(=O)(=O)c1ccc(Cl)cc1. The highest BCUT2D eigenvalue weighted by Gasteiger charge is 2.30. The number of amides is 1. The van der Waals surface area contributed by atoms with Crippen LogP contribution in [0.1, 0.15) is 11.1 Å². The Labute approximate surface area is 216 Å². The van der Waals surface area contributed by atoms with Gasteiger partial charge in [-0.15, -0.1) is 0 Å². The van der Waals surface area contributed by atoms with Crippen molar-refractivity contribution in [1.82, 2.24) is 9.21 Å². The molecule has 9 heteroatoms. The summed E-state index contributed by atoms with van der Waals surface area (Å²) in [7, 11) is -3.92. The van der Waals surface area contributed by atoms with Gasteiger partial charge in [0.05, 0.1) is 11.4 Å². The highest BCUT2D eigenvalue weighted by atomic mass is 35.5. The fourth-order valence-electron chi connectivity index (χ4n) is 4.10. The zero-order valence-electron chi connectivity index (χ0n) is 19.4. The third kappa shape index (κ3) is 6.16. The number of anilines is 1. The van der Waals surface area contributed by atoms with Crippen molar-refractivity contribution in [3.05, 3.63) is 94.0 Å². The van der Waals surface area contributed by atoms with Gasteiger partial charge in [-0.3, -0.25) is 4.79 Å². The molecule has 0 radical (unpaired) electrons. The van der Waals surface area contributed by atoms with Gasteiger partial charge in [0.25, 0.3) is 0 Å². The van der Waals surface area contributed by atoms with E-state index in [2.05, 4.69) is 4.90 Å². The number of rotatable bonds is 7. The number of hydrogen-bond donors (Lipinski definition) is 0. The Hall–Kier alpha value is -2.58. The normalized spacial score (nSPS) is 14.4. The number of aryl methyl sites for hydroxylation is 1. The molecule has 3 aromatic rings. The number of carbonyl (C=O) groups excluding carboxylic acids is 1. The van der Waals surface area contributed by atoms with E-state index in [1.54, 1.807) is 4.90 Å². The lowest BCUT2D eigenvalue weighted by molar-refractivity contribution is -0.131. The van der Waals surface area contributed by atoms with Gasteiger partial charge in [-0.05, 0) is 60.5 Å². The molecule has 35 heavy (non-hydrogen) atoms. The standard InChI is InChI=1S/C26H27Cl2N3O3S/c1-20-5-2-3-6-21(20)18-31(35(33,34)25-11-9-22(27)10-12-25)19-26(32)30-15-13-29(14-16-30)24-8-4-7-23(28)17-24/h2-12,17H,13-16,18-19H2,1H3. The van der Waals surface area contributed by atoms with E-state index in [1.807, 2.05) is 55.5 Å². The number of hydrogen-bond acceptors (Lipinski definition) is 4. The smallest absolute Gasteiger partial charge is 0.243 e. The molecule has 0 N–H and O–H groups in total. The molecule has 0 spiro atoms. The van der Waals surface area contributed by atoms with Gasteiger partial charge in [0.15, 0.2) is 0 Å². The maximum Gasteiger partial charge on any atom is 0.243 e. The zero-order chi connectivity index (χ0) is 25.0. The molecule has 1 aliphatic heterocycles. The number of nitrogens with zero attached hydrogens (tertiary/aromatic N) is 3. The van der Waals surface area contributed by atoms with Crippen LogP contribution in [-0.2, 0) is 21.4 Å². The maximum atomic E-state index is 13.5. The predicted molar refractivity (Wildman–Crippen MR) is 140 cm³/mol. The maximum absolute atomic E-state index is 13.5. The first-order chi connectivity index (χ1) is 16.7. The van der Waals surface area contributed by atoms with Gasteiger partial charge in [-0.1, -0.05) is 53.5 Å². The number of benzene rings is 3. The Balaban J connectivity index is 1.51. The molecule has 1 heterocycles. The van der Waals surface area contributed by atoms with E-state index in [4.69, 9.17) is 23.2 Å². The molecule has 0 aromatic heterocycles. The van der Waals surface area contributed by atoms with E-state index in [1.165, 1.54) is 28.6 Å². The summed E-state index contributed by atoms with van der Waals surface area (Å²) < 4.78 is 28.3. The first kappa shape index (κ1) is 25.5. The van der Waals surface area contributed by atoms with Crippen LogP contribution >= 0.6 is 23.2 Å². The molecular formula is C26H27Cl2N3O3S. The summed E-state index contributed by atoms with van der Waals surface area (Å²) in [5, 5.41) is 1.11. The lowest BCUT2D eigenvalue weighted by Crippen LogP contribution is -2.51. The molecule has 6 nitrogen and oxygen atoms in total. The summed E-state index contributed by atoms with van der Waals surface area (Å²) in [6.07, 6.45) is 0. The van der Waals surface area contributed by atoms with Crippen LogP contribution in [0.15, 0.2) is 77.7 Å². The lowest BCUT2D eigenvalue weighted by atomic mass is 10.1. The average Bonchev–Trinajstić information content (AvgIpc) is 2.85. The van der Waals surface area contributed by atoms with Gasteiger partial charge in [0.2, 0.25) is 15.9 Å². The molecule has 0 bridgehead atoms. The van der Waals surface area contributed by atoms with E-state index >= 15 is 0 Å². The van der Waals surface area contributed by atoms with Gasteiger partial charge in [0, 0.05) is 48.5 Å². The van der Waals surface area contributed by atoms with Crippen molar-refractivity contribution in [1.29, 1.82) is 0 Å². The van der Waals surface area contributed by atoms with Crippen LogP contribution in [0.25, 0.3) is 0 Å². The van der Waals surface area contributed by atoms with Gasteiger partial charge >= 0.3 is 0 Å². The molecule has 0 aliphatic carbocycles.